The molecular formula is C9H9BrF2N2O2. The Kier molecular flexibility index (Phi) is 4.31. The molecule has 0 saturated heterocycles. The third-order valence-corrected chi connectivity index (χ3v) is 2.60. The smallest absolute Gasteiger partial charge is 0.340 e. The van der Waals surface area contributed by atoms with E-state index >= 15 is 0 Å². The highest BCUT2D eigenvalue weighted by atomic mass is 79.9. The minimum Gasteiger partial charge on any atom is -0.465 e. The van der Waals surface area contributed by atoms with Crippen LogP contribution in [0.4, 0.5) is 8.78 Å². The molecule has 2 N–H and O–H groups in total. The molecule has 0 aliphatic rings. The highest BCUT2D eigenvalue weighted by molar-refractivity contribution is 9.10. The lowest BCUT2D eigenvalue weighted by Crippen LogP contribution is -2.14. The van der Waals surface area contributed by atoms with Crippen LogP contribution in [-0.4, -0.2) is 18.1 Å². The second kappa shape index (κ2) is 5.31. The number of hydrogen-bond donors (Lipinski definition) is 1. The largest absolute Gasteiger partial charge is 0.465 e. The summed E-state index contributed by atoms with van der Waals surface area (Å²) in [6, 6.07) is 0. The molecule has 0 saturated carbocycles. The summed E-state index contributed by atoms with van der Waals surface area (Å²) in [6.07, 6.45) is -1.74. The zero-order valence-corrected chi connectivity index (χ0v) is 9.92. The van der Waals surface area contributed by atoms with Crippen molar-refractivity contribution in [3.63, 3.8) is 0 Å². The molecule has 0 unspecified atom stereocenters. The average Bonchev–Trinajstić information content (AvgIpc) is 2.26. The molecule has 0 spiro atoms. The van der Waals surface area contributed by atoms with Crippen molar-refractivity contribution in [3.05, 3.63) is 27.5 Å². The molecule has 1 aromatic rings. The summed E-state index contributed by atoms with van der Waals surface area (Å²) in [5.41, 5.74) is 5.00. The Hall–Kier alpha value is -1.08. The minimum absolute atomic E-state index is 0.0451. The van der Waals surface area contributed by atoms with Gasteiger partial charge < -0.3 is 10.5 Å². The molecule has 0 radical (unpaired) electrons. The number of rotatable bonds is 3. The molecule has 0 amide bonds. The van der Waals surface area contributed by atoms with E-state index in [1.54, 1.807) is 0 Å². The van der Waals surface area contributed by atoms with Gasteiger partial charge in [-0.3, -0.25) is 0 Å². The van der Waals surface area contributed by atoms with Crippen LogP contribution in [0.2, 0.25) is 0 Å². The molecule has 0 aliphatic heterocycles. The molecule has 16 heavy (non-hydrogen) atoms. The van der Waals surface area contributed by atoms with Gasteiger partial charge in [-0.05, 0) is 21.5 Å². The fourth-order valence-corrected chi connectivity index (χ4v) is 1.76. The Balaban J connectivity index is 3.44. The van der Waals surface area contributed by atoms with Gasteiger partial charge in [0.15, 0.2) is 0 Å². The highest BCUT2D eigenvalue weighted by Gasteiger charge is 2.23. The number of methoxy groups -OCH3 is 1. The molecule has 7 heteroatoms. The van der Waals surface area contributed by atoms with Crippen molar-refractivity contribution in [1.29, 1.82) is 0 Å². The predicted octanol–water partition coefficient (Wildman–Crippen LogP) is 2.03. The number of halogens is 3. The van der Waals surface area contributed by atoms with Crippen molar-refractivity contribution >= 4 is 21.9 Å². The molecule has 4 nitrogen and oxygen atoms in total. The maximum absolute atomic E-state index is 12.6. The van der Waals surface area contributed by atoms with E-state index in [2.05, 4.69) is 25.7 Å². The quantitative estimate of drug-likeness (QED) is 0.684. The molecule has 0 aliphatic carbocycles. The van der Waals surface area contributed by atoms with Gasteiger partial charge in [0, 0.05) is 18.3 Å². The van der Waals surface area contributed by atoms with Crippen LogP contribution in [0.1, 0.15) is 27.9 Å². The number of esters is 1. The van der Waals surface area contributed by atoms with E-state index < -0.39 is 12.4 Å². The van der Waals surface area contributed by atoms with Gasteiger partial charge in [0.1, 0.15) is 4.60 Å². The summed E-state index contributed by atoms with van der Waals surface area (Å²) in [5, 5.41) is 0. The molecule has 1 aromatic heterocycles. The predicted molar refractivity (Wildman–Crippen MR) is 56.1 cm³/mol. The van der Waals surface area contributed by atoms with Gasteiger partial charge in [0.2, 0.25) is 0 Å². The molecule has 0 fully saturated rings. The maximum Gasteiger partial charge on any atom is 0.340 e. The third kappa shape index (κ3) is 2.35. The second-order valence-corrected chi connectivity index (χ2v) is 3.61. The Morgan fingerprint density at radius 1 is 1.69 bits per heavy atom. The number of carbonyl (C=O) groups is 1. The number of nitrogens with two attached hydrogens (primary N) is 1. The first-order valence-corrected chi connectivity index (χ1v) is 5.06. The number of hydrogen-bond acceptors (Lipinski definition) is 4. The van der Waals surface area contributed by atoms with Crippen LogP contribution in [-0.2, 0) is 11.3 Å². The van der Waals surface area contributed by atoms with Gasteiger partial charge in [-0.2, -0.15) is 0 Å². The van der Waals surface area contributed by atoms with E-state index in [-0.39, 0.29) is 27.8 Å². The van der Waals surface area contributed by atoms with Crippen molar-refractivity contribution in [1.82, 2.24) is 4.98 Å². The van der Waals surface area contributed by atoms with Crippen molar-refractivity contribution < 1.29 is 18.3 Å². The van der Waals surface area contributed by atoms with Gasteiger partial charge in [-0.1, -0.05) is 0 Å². The van der Waals surface area contributed by atoms with Crippen LogP contribution in [0.15, 0.2) is 10.8 Å². The zero-order chi connectivity index (χ0) is 12.3. The number of alkyl halides is 2. The van der Waals surface area contributed by atoms with E-state index in [4.69, 9.17) is 5.73 Å². The van der Waals surface area contributed by atoms with E-state index in [0.29, 0.717) is 0 Å². The van der Waals surface area contributed by atoms with Gasteiger partial charge in [-0.15, -0.1) is 0 Å². The van der Waals surface area contributed by atoms with E-state index in [1.807, 2.05) is 0 Å². The molecule has 1 rings (SSSR count). The Labute approximate surface area is 98.9 Å². The Morgan fingerprint density at radius 3 is 2.75 bits per heavy atom. The monoisotopic (exact) mass is 294 g/mol. The molecular weight excluding hydrogens is 286 g/mol. The molecule has 0 atom stereocenters. The lowest BCUT2D eigenvalue weighted by Gasteiger charge is -2.12. The molecule has 0 bridgehead atoms. The van der Waals surface area contributed by atoms with Gasteiger partial charge in [-0.25, -0.2) is 18.6 Å². The number of pyridine rings is 1. The number of ether oxygens (including phenoxy) is 1. The standard InChI is InChI=1S/C9H9BrF2N2O2/c1-16-9(15)6-4(2-13)5(8(11)12)3-14-7(6)10/h3,8H,2,13H2,1H3. The number of carbonyl (C=O) groups excluding carboxylic acids is 1. The second-order valence-electron chi connectivity index (χ2n) is 2.85. The van der Waals surface area contributed by atoms with Crippen LogP contribution < -0.4 is 5.73 Å². The van der Waals surface area contributed by atoms with Crippen LogP contribution in [0, 0.1) is 0 Å². The maximum atomic E-state index is 12.6. The fraction of sp³-hybridized carbons (Fsp3) is 0.333. The summed E-state index contributed by atoms with van der Waals surface area (Å²) in [4.78, 5) is 15.1. The van der Waals surface area contributed by atoms with Crippen LogP contribution in [0.25, 0.3) is 0 Å². The van der Waals surface area contributed by atoms with Crippen molar-refractivity contribution in [2.24, 2.45) is 5.73 Å². The van der Waals surface area contributed by atoms with Crippen molar-refractivity contribution in [2.45, 2.75) is 13.0 Å². The van der Waals surface area contributed by atoms with Crippen molar-refractivity contribution in [2.75, 3.05) is 7.11 Å². The van der Waals surface area contributed by atoms with Gasteiger partial charge in [0.25, 0.3) is 6.43 Å². The molecule has 1 heterocycles. The summed E-state index contributed by atoms with van der Waals surface area (Å²) < 4.78 is 29.9. The van der Waals surface area contributed by atoms with Crippen LogP contribution >= 0.6 is 15.9 Å². The van der Waals surface area contributed by atoms with E-state index in [1.165, 1.54) is 0 Å². The first kappa shape index (κ1) is 13.0. The summed E-state index contributed by atoms with van der Waals surface area (Å²) in [6.45, 7) is -0.189. The van der Waals surface area contributed by atoms with Gasteiger partial charge in [0.05, 0.1) is 12.7 Å². The normalized spacial score (nSPS) is 10.6. The van der Waals surface area contributed by atoms with E-state index in [9.17, 15) is 13.6 Å². The fourth-order valence-electron chi connectivity index (χ4n) is 1.25. The van der Waals surface area contributed by atoms with Gasteiger partial charge >= 0.3 is 5.97 Å². The molecule has 88 valence electrons. The number of nitrogens with zero attached hydrogens (tertiary/aromatic N) is 1. The van der Waals surface area contributed by atoms with Crippen LogP contribution in [0.5, 0.6) is 0 Å². The summed E-state index contributed by atoms with van der Waals surface area (Å²) in [7, 11) is 1.16. The zero-order valence-electron chi connectivity index (χ0n) is 8.34. The lowest BCUT2D eigenvalue weighted by molar-refractivity contribution is 0.0597. The Morgan fingerprint density at radius 2 is 2.31 bits per heavy atom. The Bertz CT molecular complexity index is 413. The SMILES string of the molecule is COC(=O)c1c(Br)ncc(C(F)F)c1CN. The first-order chi connectivity index (χ1) is 7.52. The lowest BCUT2D eigenvalue weighted by atomic mass is 10.0. The third-order valence-electron chi connectivity index (χ3n) is 2.00. The topological polar surface area (TPSA) is 65.2 Å². The molecule has 0 aromatic carbocycles. The minimum atomic E-state index is -2.73. The van der Waals surface area contributed by atoms with Crippen LogP contribution in [0.3, 0.4) is 0 Å². The number of aromatic nitrogens is 1. The summed E-state index contributed by atoms with van der Waals surface area (Å²) in [5.74, 6) is -0.748. The first-order valence-electron chi connectivity index (χ1n) is 4.26. The summed E-state index contributed by atoms with van der Waals surface area (Å²) >= 11 is 3.00. The average molecular weight is 295 g/mol. The van der Waals surface area contributed by atoms with Crippen molar-refractivity contribution in [3.8, 4) is 0 Å². The van der Waals surface area contributed by atoms with E-state index in [0.717, 1.165) is 13.3 Å². The highest BCUT2D eigenvalue weighted by Crippen LogP contribution is 2.28.